The summed E-state index contributed by atoms with van der Waals surface area (Å²) in [6.07, 6.45) is 1.30. The first-order valence-corrected chi connectivity index (χ1v) is 7.83. The lowest BCUT2D eigenvalue weighted by Gasteiger charge is -2.27. The van der Waals surface area contributed by atoms with Crippen molar-refractivity contribution in [3.8, 4) is 11.5 Å². The van der Waals surface area contributed by atoms with E-state index in [0.29, 0.717) is 5.56 Å². The predicted molar refractivity (Wildman–Crippen MR) is 95.1 cm³/mol. The summed E-state index contributed by atoms with van der Waals surface area (Å²) in [6, 6.07) is 9.75. The zero-order chi connectivity index (χ0) is 18.8. The lowest BCUT2D eigenvalue weighted by atomic mass is 10.1. The number of halogens is 1. The molecule has 1 aliphatic heterocycles. The number of urea groups is 1. The molecule has 4 amide bonds. The van der Waals surface area contributed by atoms with Gasteiger partial charge in [0.25, 0.3) is 11.8 Å². The van der Waals surface area contributed by atoms with E-state index in [4.69, 9.17) is 16.3 Å². The molecule has 0 unspecified atom stereocenters. The lowest BCUT2D eigenvalue weighted by molar-refractivity contribution is -0.122. The number of carbonyl (C=O) groups is 3. The Morgan fingerprint density at radius 1 is 1.15 bits per heavy atom. The number of para-hydroxylation sites is 1. The highest BCUT2D eigenvalue weighted by atomic mass is 35.5. The largest absolute Gasteiger partial charge is 0.504 e. The van der Waals surface area contributed by atoms with Crippen molar-refractivity contribution >= 4 is 41.2 Å². The summed E-state index contributed by atoms with van der Waals surface area (Å²) in [4.78, 5) is 37.8. The van der Waals surface area contributed by atoms with Crippen molar-refractivity contribution in [1.82, 2.24) is 5.32 Å². The minimum atomic E-state index is -0.881. The van der Waals surface area contributed by atoms with E-state index in [9.17, 15) is 19.5 Å². The summed E-state index contributed by atoms with van der Waals surface area (Å²) in [5.41, 5.74) is 0.349. The summed E-state index contributed by atoms with van der Waals surface area (Å²) in [5.74, 6) is -1.53. The third kappa shape index (κ3) is 3.12. The third-order valence-electron chi connectivity index (χ3n) is 3.71. The number of aromatic hydroxyl groups is 1. The summed E-state index contributed by atoms with van der Waals surface area (Å²) in [6.45, 7) is 0. The Balaban J connectivity index is 2.04. The zero-order valence-electron chi connectivity index (χ0n) is 13.5. The van der Waals surface area contributed by atoms with Crippen molar-refractivity contribution in [2.75, 3.05) is 12.0 Å². The van der Waals surface area contributed by atoms with E-state index in [1.165, 1.54) is 43.5 Å². The van der Waals surface area contributed by atoms with Crippen LogP contribution in [0.5, 0.6) is 11.5 Å². The van der Waals surface area contributed by atoms with Gasteiger partial charge in [0.1, 0.15) is 5.57 Å². The molecular weight excluding hydrogens is 360 g/mol. The van der Waals surface area contributed by atoms with Crippen molar-refractivity contribution in [2.24, 2.45) is 0 Å². The Kier molecular flexibility index (Phi) is 4.64. The molecule has 0 bridgehead atoms. The summed E-state index contributed by atoms with van der Waals surface area (Å²) >= 11 is 6.07. The number of imide groups is 2. The minimum absolute atomic E-state index is 0.0815. The van der Waals surface area contributed by atoms with Crippen molar-refractivity contribution < 1.29 is 24.2 Å². The van der Waals surface area contributed by atoms with Crippen LogP contribution < -0.4 is 15.0 Å². The Bertz CT molecular complexity index is 954. The molecular formula is C18H13ClN2O5. The molecule has 1 aliphatic rings. The lowest BCUT2D eigenvalue weighted by Crippen LogP contribution is -2.54. The number of carbonyl (C=O) groups excluding carboxylic acids is 3. The number of barbiturate groups is 1. The molecule has 3 rings (SSSR count). The molecule has 0 atom stereocenters. The van der Waals surface area contributed by atoms with E-state index >= 15 is 0 Å². The van der Waals surface area contributed by atoms with Gasteiger partial charge in [-0.1, -0.05) is 29.8 Å². The van der Waals surface area contributed by atoms with Crippen LogP contribution in [0, 0.1) is 0 Å². The number of hydrogen-bond acceptors (Lipinski definition) is 5. The van der Waals surface area contributed by atoms with Crippen molar-refractivity contribution in [3.05, 3.63) is 58.6 Å². The molecule has 1 fully saturated rings. The Morgan fingerprint density at radius 3 is 2.58 bits per heavy atom. The first kappa shape index (κ1) is 17.5. The molecule has 0 radical (unpaired) electrons. The van der Waals surface area contributed by atoms with Gasteiger partial charge in [-0.2, -0.15) is 0 Å². The van der Waals surface area contributed by atoms with Crippen LogP contribution in [0.15, 0.2) is 48.0 Å². The normalized spacial score (nSPS) is 16.0. The number of amides is 4. The van der Waals surface area contributed by atoms with Gasteiger partial charge in [0.05, 0.1) is 17.8 Å². The maximum atomic E-state index is 12.8. The molecule has 0 aromatic heterocycles. The van der Waals surface area contributed by atoms with Crippen LogP contribution in [0.1, 0.15) is 5.56 Å². The number of phenols is 1. The maximum absolute atomic E-state index is 12.8. The van der Waals surface area contributed by atoms with Crippen LogP contribution in [-0.2, 0) is 9.59 Å². The standard InChI is InChI=1S/C18H13ClN2O5/c1-26-15-9-10(6-7-14(15)22)8-11-16(23)20-18(25)21(17(11)24)13-5-3-2-4-12(13)19/h2-9,22H,1H3,(H,20,23,25). The van der Waals surface area contributed by atoms with E-state index in [1.807, 2.05) is 0 Å². The maximum Gasteiger partial charge on any atom is 0.335 e. The van der Waals surface area contributed by atoms with Gasteiger partial charge in [0.2, 0.25) is 0 Å². The molecule has 0 saturated carbocycles. The number of nitrogens with zero attached hydrogens (tertiary/aromatic N) is 1. The van der Waals surface area contributed by atoms with Crippen LogP contribution in [0.3, 0.4) is 0 Å². The van der Waals surface area contributed by atoms with Gasteiger partial charge in [-0.3, -0.25) is 14.9 Å². The second-order valence-electron chi connectivity index (χ2n) is 5.34. The number of anilines is 1. The number of methoxy groups -OCH3 is 1. The fourth-order valence-electron chi connectivity index (χ4n) is 2.46. The van der Waals surface area contributed by atoms with Gasteiger partial charge in [0, 0.05) is 0 Å². The third-order valence-corrected chi connectivity index (χ3v) is 4.03. The Labute approximate surface area is 153 Å². The topological polar surface area (TPSA) is 95.9 Å². The molecule has 0 spiro atoms. The Hall–Kier alpha value is -3.32. The molecule has 8 heteroatoms. The van der Waals surface area contributed by atoms with Crippen molar-refractivity contribution in [2.45, 2.75) is 0 Å². The van der Waals surface area contributed by atoms with Gasteiger partial charge in [-0.15, -0.1) is 0 Å². The second kappa shape index (κ2) is 6.89. The van der Waals surface area contributed by atoms with E-state index < -0.39 is 17.8 Å². The molecule has 132 valence electrons. The van der Waals surface area contributed by atoms with Crippen LogP contribution in [0.4, 0.5) is 10.5 Å². The van der Waals surface area contributed by atoms with E-state index in [1.54, 1.807) is 12.1 Å². The first-order chi connectivity index (χ1) is 12.4. The molecule has 1 heterocycles. The molecule has 2 aromatic carbocycles. The number of nitrogens with one attached hydrogen (secondary N) is 1. The van der Waals surface area contributed by atoms with Crippen molar-refractivity contribution in [3.63, 3.8) is 0 Å². The number of ether oxygens (including phenoxy) is 1. The van der Waals surface area contributed by atoms with E-state index in [2.05, 4.69) is 5.32 Å². The predicted octanol–water partition coefficient (Wildman–Crippen LogP) is 2.72. The fraction of sp³-hybridized carbons (Fsp3) is 0.0556. The average Bonchev–Trinajstić information content (AvgIpc) is 2.61. The summed E-state index contributed by atoms with van der Waals surface area (Å²) in [7, 11) is 1.38. The molecule has 7 nitrogen and oxygen atoms in total. The molecule has 0 aliphatic carbocycles. The summed E-state index contributed by atoms with van der Waals surface area (Å²) < 4.78 is 5.00. The molecule has 26 heavy (non-hydrogen) atoms. The molecule has 2 N–H and O–H groups in total. The van der Waals surface area contributed by atoms with Gasteiger partial charge in [-0.25, -0.2) is 9.69 Å². The first-order valence-electron chi connectivity index (χ1n) is 7.45. The van der Waals surface area contributed by atoms with Crippen LogP contribution in [0.25, 0.3) is 6.08 Å². The SMILES string of the molecule is COc1cc(C=C2C(=O)NC(=O)N(c3ccccc3Cl)C2=O)ccc1O. The quantitative estimate of drug-likeness (QED) is 0.638. The number of phenolic OH excluding ortho intramolecular Hbond substituents is 1. The molecule has 1 saturated heterocycles. The van der Waals surface area contributed by atoms with Gasteiger partial charge >= 0.3 is 6.03 Å². The smallest absolute Gasteiger partial charge is 0.335 e. The minimum Gasteiger partial charge on any atom is -0.504 e. The van der Waals surface area contributed by atoms with Crippen LogP contribution in [0.2, 0.25) is 5.02 Å². The summed E-state index contributed by atoms with van der Waals surface area (Å²) in [5, 5.41) is 11.9. The van der Waals surface area contributed by atoms with Crippen LogP contribution in [-0.4, -0.2) is 30.1 Å². The Morgan fingerprint density at radius 2 is 1.88 bits per heavy atom. The van der Waals surface area contributed by atoms with Gasteiger partial charge < -0.3 is 9.84 Å². The zero-order valence-corrected chi connectivity index (χ0v) is 14.3. The second-order valence-corrected chi connectivity index (χ2v) is 5.75. The highest BCUT2D eigenvalue weighted by Gasteiger charge is 2.37. The number of hydrogen-bond donors (Lipinski definition) is 2. The highest BCUT2D eigenvalue weighted by Crippen LogP contribution is 2.30. The van der Waals surface area contributed by atoms with Gasteiger partial charge in [0.15, 0.2) is 11.5 Å². The fourth-order valence-corrected chi connectivity index (χ4v) is 2.68. The molecule has 2 aromatic rings. The van der Waals surface area contributed by atoms with E-state index in [-0.39, 0.29) is 27.8 Å². The van der Waals surface area contributed by atoms with Gasteiger partial charge in [-0.05, 0) is 35.9 Å². The monoisotopic (exact) mass is 372 g/mol. The highest BCUT2D eigenvalue weighted by molar-refractivity contribution is 6.42. The van der Waals surface area contributed by atoms with Crippen molar-refractivity contribution in [1.29, 1.82) is 0 Å². The average molecular weight is 373 g/mol. The van der Waals surface area contributed by atoms with E-state index in [0.717, 1.165) is 4.90 Å². The number of rotatable bonds is 3. The van der Waals surface area contributed by atoms with Crippen LogP contribution >= 0.6 is 11.6 Å². The number of benzene rings is 2.